The van der Waals surface area contributed by atoms with Gasteiger partial charge in [-0.1, -0.05) is 11.6 Å². The highest BCUT2D eigenvalue weighted by atomic mass is 35.5. The minimum absolute atomic E-state index is 0.237. The molecule has 0 aliphatic heterocycles. The number of hydrogen-bond donors (Lipinski definition) is 1. The molecule has 0 saturated carbocycles. The van der Waals surface area contributed by atoms with Crippen molar-refractivity contribution < 1.29 is 9.21 Å². The number of nitrogens with zero attached hydrogens (tertiary/aromatic N) is 2. The van der Waals surface area contributed by atoms with Crippen molar-refractivity contribution in [3.05, 3.63) is 46.8 Å². The lowest BCUT2D eigenvalue weighted by atomic mass is 10.2. The van der Waals surface area contributed by atoms with Crippen LogP contribution < -0.4 is 5.32 Å². The van der Waals surface area contributed by atoms with E-state index in [1.54, 1.807) is 42.1 Å². The molecule has 3 aromatic rings. The summed E-state index contributed by atoms with van der Waals surface area (Å²) in [5.41, 5.74) is 1.46. The molecular formula is C14H12ClN3O2. The van der Waals surface area contributed by atoms with E-state index in [1.807, 2.05) is 6.92 Å². The summed E-state index contributed by atoms with van der Waals surface area (Å²) in [6, 6.07) is 8.67. The zero-order valence-corrected chi connectivity index (χ0v) is 11.7. The van der Waals surface area contributed by atoms with Gasteiger partial charge in [0.05, 0.1) is 5.69 Å². The van der Waals surface area contributed by atoms with E-state index in [0.29, 0.717) is 16.4 Å². The van der Waals surface area contributed by atoms with Gasteiger partial charge in [0.2, 0.25) is 0 Å². The third-order valence-electron chi connectivity index (χ3n) is 2.95. The first-order valence-corrected chi connectivity index (χ1v) is 6.42. The fraction of sp³-hybridized carbons (Fsp3) is 0.143. The molecule has 0 radical (unpaired) electrons. The SMILES string of the molecule is Cc1cc(NC(=O)c2cc3cc(Cl)ccc3o2)n(C)n1. The molecule has 0 unspecified atom stereocenters. The van der Waals surface area contributed by atoms with Crippen LogP contribution >= 0.6 is 11.6 Å². The van der Waals surface area contributed by atoms with Crippen LogP contribution in [0.2, 0.25) is 5.02 Å². The Morgan fingerprint density at radius 3 is 2.85 bits per heavy atom. The number of benzene rings is 1. The first kappa shape index (κ1) is 12.7. The van der Waals surface area contributed by atoms with Gasteiger partial charge in [-0.3, -0.25) is 9.48 Å². The predicted octanol–water partition coefficient (Wildman–Crippen LogP) is 3.38. The average Bonchev–Trinajstić information content (AvgIpc) is 2.92. The van der Waals surface area contributed by atoms with Gasteiger partial charge in [0.25, 0.3) is 5.91 Å². The van der Waals surface area contributed by atoms with Crippen LogP contribution in [-0.4, -0.2) is 15.7 Å². The minimum atomic E-state index is -0.319. The third kappa shape index (κ3) is 2.28. The molecule has 20 heavy (non-hydrogen) atoms. The second kappa shape index (κ2) is 4.68. The predicted molar refractivity (Wildman–Crippen MR) is 77.1 cm³/mol. The number of carbonyl (C=O) groups excluding carboxylic acids is 1. The van der Waals surface area contributed by atoms with Gasteiger partial charge >= 0.3 is 0 Å². The van der Waals surface area contributed by atoms with Gasteiger partial charge in [0.1, 0.15) is 11.4 Å². The molecule has 0 bridgehead atoms. The van der Waals surface area contributed by atoms with Crippen LogP contribution in [0.5, 0.6) is 0 Å². The van der Waals surface area contributed by atoms with Crippen molar-refractivity contribution in [3.63, 3.8) is 0 Å². The number of furan rings is 1. The summed E-state index contributed by atoms with van der Waals surface area (Å²) in [7, 11) is 1.76. The summed E-state index contributed by atoms with van der Waals surface area (Å²) < 4.78 is 7.11. The van der Waals surface area contributed by atoms with E-state index < -0.39 is 0 Å². The standard InChI is InChI=1S/C14H12ClN3O2/c1-8-5-13(18(2)17-8)16-14(19)12-7-9-6-10(15)3-4-11(9)20-12/h3-7H,1-2H3,(H,16,19). The van der Waals surface area contributed by atoms with Crippen LogP contribution in [0.4, 0.5) is 5.82 Å². The summed E-state index contributed by atoms with van der Waals surface area (Å²) in [4.78, 5) is 12.2. The van der Waals surface area contributed by atoms with Crippen LogP contribution in [0.25, 0.3) is 11.0 Å². The molecule has 3 rings (SSSR count). The monoisotopic (exact) mass is 289 g/mol. The molecule has 2 aromatic heterocycles. The van der Waals surface area contributed by atoms with Crippen molar-refractivity contribution in [1.82, 2.24) is 9.78 Å². The molecule has 2 heterocycles. The number of carbonyl (C=O) groups is 1. The van der Waals surface area contributed by atoms with Crippen LogP contribution in [0.15, 0.2) is 34.7 Å². The van der Waals surface area contributed by atoms with Gasteiger partial charge < -0.3 is 9.73 Å². The molecule has 0 saturated heterocycles. The lowest BCUT2D eigenvalue weighted by Gasteiger charge is -2.02. The van der Waals surface area contributed by atoms with Gasteiger partial charge in [-0.2, -0.15) is 5.10 Å². The highest BCUT2D eigenvalue weighted by molar-refractivity contribution is 6.31. The molecule has 1 N–H and O–H groups in total. The van der Waals surface area contributed by atoms with Crippen LogP contribution in [0.3, 0.4) is 0 Å². The van der Waals surface area contributed by atoms with Gasteiger partial charge in [0.15, 0.2) is 5.76 Å². The van der Waals surface area contributed by atoms with Crippen molar-refractivity contribution in [1.29, 1.82) is 0 Å². The smallest absolute Gasteiger partial charge is 0.292 e. The molecule has 1 aromatic carbocycles. The quantitative estimate of drug-likeness (QED) is 0.787. The lowest BCUT2D eigenvalue weighted by Crippen LogP contribution is -2.13. The zero-order valence-electron chi connectivity index (χ0n) is 11.0. The Bertz CT molecular complexity index is 804. The summed E-state index contributed by atoms with van der Waals surface area (Å²) >= 11 is 5.91. The van der Waals surface area contributed by atoms with E-state index in [-0.39, 0.29) is 11.7 Å². The molecule has 5 nitrogen and oxygen atoms in total. The molecule has 6 heteroatoms. The van der Waals surface area contributed by atoms with Crippen molar-refractivity contribution in [2.75, 3.05) is 5.32 Å². The maximum atomic E-state index is 12.2. The number of aryl methyl sites for hydroxylation is 2. The first-order chi connectivity index (χ1) is 9.52. The van der Waals surface area contributed by atoms with Gasteiger partial charge in [-0.25, -0.2) is 0 Å². The van der Waals surface area contributed by atoms with Crippen LogP contribution in [-0.2, 0) is 7.05 Å². The zero-order chi connectivity index (χ0) is 14.3. The Morgan fingerprint density at radius 1 is 1.35 bits per heavy atom. The van der Waals surface area contributed by atoms with E-state index in [0.717, 1.165) is 11.1 Å². The molecule has 0 atom stereocenters. The van der Waals surface area contributed by atoms with E-state index in [2.05, 4.69) is 10.4 Å². The largest absolute Gasteiger partial charge is 0.451 e. The normalized spacial score (nSPS) is 10.9. The Balaban J connectivity index is 1.90. The Labute approximate surface area is 120 Å². The number of hydrogen-bond acceptors (Lipinski definition) is 3. The van der Waals surface area contributed by atoms with E-state index in [4.69, 9.17) is 16.0 Å². The lowest BCUT2D eigenvalue weighted by molar-refractivity contribution is 0.0998. The summed E-state index contributed by atoms with van der Waals surface area (Å²) in [5, 5.41) is 8.32. The van der Waals surface area contributed by atoms with Crippen molar-refractivity contribution >= 4 is 34.3 Å². The molecule has 1 amide bonds. The second-order valence-electron chi connectivity index (χ2n) is 4.54. The highest BCUT2D eigenvalue weighted by Gasteiger charge is 2.14. The minimum Gasteiger partial charge on any atom is -0.451 e. The number of amides is 1. The van der Waals surface area contributed by atoms with Crippen molar-refractivity contribution in [3.8, 4) is 0 Å². The molecule has 0 aliphatic rings. The van der Waals surface area contributed by atoms with Gasteiger partial charge in [-0.05, 0) is 31.2 Å². The fourth-order valence-corrected chi connectivity index (χ4v) is 2.21. The fourth-order valence-electron chi connectivity index (χ4n) is 2.03. The average molecular weight is 290 g/mol. The summed E-state index contributed by atoms with van der Waals surface area (Å²) in [6.07, 6.45) is 0. The molecule has 102 valence electrons. The van der Waals surface area contributed by atoms with Crippen molar-refractivity contribution in [2.24, 2.45) is 7.05 Å². The number of nitrogens with one attached hydrogen (secondary N) is 1. The van der Waals surface area contributed by atoms with Crippen molar-refractivity contribution in [2.45, 2.75) is 6.92 Å². The Morgan fingerprint density at radius 2 is 2.15 bits per heavy atom. The topological polar surface area (TPSA) is 60.1 Å². The number of aromatic nitrogens is 2. The number of fused-ring (bicyclic) bond motifs is 1. The third-order valence-corrected chi connectivity index (χ3v) is 3.18. The molecule has 0 fully saturated rings. The van der Waals surface area contributed by atoms with Crippen LogP contribution in [0, 0.1) is 6.92 Å². The molecule has 0 aliphatic carbocycles. The molecule has 0 spiro atoms. The Hall–Kier alpha value is -2.27. The second-order valence-corrected chi connectivity index (χ2v) is 4.98. The van der Waals surface area contributed by atoms with E-state index >= 15 is 0 Å². The maximum Gasteiger partial charge on any atom is 0.292 e. The number of halogens is 1. The van der Waals surface area contributed by atoms with E-state index in [9.17, 15) is 4.79 Å². The van der Waals surface area contributed by atoms with Gasteiger partial charge in [-0.15, -0.1) is 0 Å². The summed E-state index contributed by atoms with van der Waals surface area (Å²) in [6.45, 7) is 1.86. The first-order valence-electron chi connectivity index (χ1n) is 6.04. The highest BCUT2D eigenvalue weighted by Crippen LogP contribution is 2.23. The molecular weight excluding hydrogens is 278 g/mol. The Kier molecular flexibility index (Phi) is 2.99. The van der Waals surface area contributed by atoms with Gasteiger partial charge in [0, 0.05) is 23.5 Å². The number of rotatable bonds is 2. The van der Waals surface area contributed by atoms with Crippen LogP contribution in [0.1, 0.15) is 16.2 Å². The summed E-state index contributed by atoms with van der Waals surface area (Å²) in [5.74, 6) is 0.535. The van der Waals surface area contributed by atoms with E-state index in [1.165, 1.54) is 0 Å². The number of anilines is 1. The maximum absolute atomic E-state index is 12.2.